The van der Waals surface area contributed by atoms with E-state index in [1.165, 1.54) is 25.3 Å². The fourth-order valence-electron chi connectivity index (χ4n) is 2.89. The van der Waals surface area contributed by atoms with Crippen molar-refractivity contribution in [3.8, 4) is 5.75 Å². The Morgan fingerprint density at radius 1 is 1.06 bits per heavy atom. The van der Waals surface area contributed by atoms with Crippen molar-refractivity contribution in [2.75, 3.05) is 23.3 Å². The van der Waals surface area contributed by atoms with Crippen LogP contribution in [0.3, 0.4) is 0 Å². The lowest BCUT2D eigenvalue weighted by Gasteiger charge is -2.25. The average Bonchev–Trinajstić information content (AvgIpc) is 2.74. The summed E-state index contributed by atoms with van der Waals surface area (Å²) in [5.74, 6) is -0.975. The van der Waals surface area contributed by atoms with Gasteiger partial charge in [0.05, 0.1) is 12.8 Å². The molecule has 3 aromatic carbocycles. The summed E-state index contributed by atoms with van der Waals surface area (Å²) >= 11 is 5.85. The van der Waals surface area contributed by atoms with Crippen molar-refractivity contribution in [2.24, 2.45) is 0 Å². The molecule has 0 aliphatic rings. The highest BCUT2D eigenvalue weighted by atomic mass is 35.5. The van der Waals surface area contributed by atoms with Gasteiger partial charge in [0, 0.05) is 10.7 Å². The van der Waals surface area contributed by atoms with E-state index in [-0.39, 0.29) is 16.3 Å². The van der Waals surface area contributed by atoms with Gasteiger partial charge >= 0.3 is 0 Å². The van der Waals surface area contributed by atoms with E-state index in [0.717, 1.165) is 16.4 Å². The van der Waals surface area contributed by atoms with Crippen LogP contribution >= 0.6 is 11.6 Å². The maximum atomic E-state index is 13.5. The number of hydrogen-bond donors (Lipinski definition) is 1. The van der Waals surface area contributed by atoms with Crippen LogP contribution in [0.1, 0.15) is 5.56 Å². The molecule has 9 heteroatoms. The Hall–Kier alpha value is -3.10. The molecule has 0 radical (unpaired) electrons. The second-order valence-electron chi connectivity index (χ2n) is 6.70. The number of carbonyl (C=O) groups excluding carboxylic acids is 1. The minimum Gasteiger partial charge on any atom is -0.495 e. The molecule has 31 heavy (non-hydrogen) atoms. The molecule has 3 aromatic rings. The van der Waals surface area contributed by atoms with Gasteiger partial charge in [-0.2, -0.15) is 0 Å². The molecule has 0 spiro atoms. The first-order chi connectivity index (χ1) is 14.7. The van der Waals surface area contributed by atoms with E-state index >= 15 is 0 Å². The first-order valence-corrected chi connectivity index (χ1v) is 11.0. The van der Waals surface area contributed by atoms with Crippen molar-refractivity contribution in [2.45, 2.75) is 11.8 Å². The summed E-state index contributed by atoms with van der Waals surface area (Å²) in [5.41, 5.74) is 1.29. The van der Waals surface area contributed by atoms with E-state index in [0.29, 0.717) is 16.3 Å². The molecule has 162 valence electrons. The fraction of sp³-hybridized carbons (Fsp3) is 0.136. The Labute approximate surface area is 185 Å². The van der Waals surface area contributed by atoms with Crippen LogP contribution in [0.25, 0.3) is 0 Å². The van der Waals surface area contributed by atoms with Gasteiger partial charge in [0.15, 0.2) is 0 Å². The van der Waals surface area contributed by atoms with Crippen LogP contribution in [-0.4, -0.2) is 28.0 Å². The normalized spacial score (nSPS) is 11.1. The number of benzene rings is 3. The highest BCUT2D eigenvalue weighted by molar-refractivity contribution is 7.93. The van der Waals surface area contributed by atoms with Crippen LogP contribution in [0.2, 0.25) is 5.02 Å². The second kappa shape index (κ2) is 9.36. The van der Waals surface area contributed by atoms with Crippen molar-refractivity contribution < 1.29 is 22.3 Å². The van der Waals surface area contributed by atoms with Crippen LogP contribution in [0.15, 0.2) is 71.6 Å². The van der Waals surface area contributed by atoms with Crippen molar-refractivity contribution in [1.82, 2.24) is 0 Å². The number of carbonyl (C=O) groups is 1. The first kappa shape index (κ1) is 22.6. The maximum Gasteiger partial charge on any atom is 0.268 e. The van der Waals surface area contributed by atoms with Gasteiger partial charge in [-0.1, -0.05) is 17.7 Å². The number of hydrogen-bond acceptors (Lipinski definition) is 4. The standard InChI is InChI=1S/C22H20ClFN2O4S/c1-15-3-12-20(30-2)21(13-15)31(28,29)26(19-10-6-17(24)7-11-19)14-22(27)25-18-8-4-16(23)5-9-18/h3-13H,14H2,1-2H3,(H,25,27). The molecule has 6 nitrogen and oxygen atoms in total. The van der Waals surface area contributed by atoms with E-state index in [1.54, 1.807) is 43.3 Å². The number of halogens is 2. The van der Waals surface area contributed by atoms with Gasteiger partial charge in [-0.25, -0.2) is 12.8 Å². The molecule has 0 saturated carbocycles. The number of amides is 1. The van der Waals surface area contributed by atoms with E-state index in [1.807, 2.05) is 0 Å². The molecule has 0 aliphatic heterocycles. The molecule has 0 unspecified atom stereocenters. The molecular weight excluding hydrogens is 443 g/mol. The van der Waals surface area contributed by atoms with Crippen LogP contribution in [0.4, 0.5) is 15.8 Å². The van der Waals surface area contributed by atoms with Crippen molar-refractivity contribution in [3.05, 3.63) is 83.1 Å². The first-order valence-electron chi connectivity index (χ1n) is 9.19. The molecule has 1 amide bonds. The quantitative estimate of drug-likeness (QED) is 0.555. The van der Waals surface area contributed by atoms with Crippen molar-refractivity contribution in [1.29, 1.82) is 0 Å². The summed E-state index contributed by atoms with van der Waals surface area (Å²) in [6, 6.07) is 16.0. The van der Waals surface area contributed by atoms with Crippen LogP contribution in [0.5, 0.6) is 5.75 Å². The zero-order chi connectivity index (χ0) is 22.6. The van der Waals surface area contributed by atoms with Crippen LogP contribution < -0.4 is 14.4 Å². The van der Waals surface area contributed by atoms with Gasteiger partial charge in [0.2, 0.25) is 5.91 Å². The summed E-state index contributed by atoms with van der Waals surface area (Å²) in [6.45, 7) is 1.21. The summed E-state index contributed by atoms with van der Waals surface area (Å²) < 4.78 is 46.7. The molecule has 0 atom stereocenters. The lowest BCUT2D eigenvalue weighted by Crippen LogP contribution is -2.38. The SMILES string of the molecule is COc1ccc(C)cc1S(=O)(=O)N(CC(=O)Nc1ccc(Cl)cc1)c1ccc(F)cc1. The lowest BCUT2D eigenvalue weighted by molar-refractivity contribution is -0.114. The highest BCUT2D eigenvalue weighted by Gasteiger charge is 2.30. The van der Waals surface area contributed by atoms with Crippen LogP contribution in [0, 0.1) is 12.7 Å². The number of nitrogens with one attached hydrogen (secondary N) is 1. The van der Waals surface area contributed by atoms with Gasteiger partial charge in [-0.05, 0) is 73.2 Å². The molecule has 1 N–H and O–H groups in total. The molecule has 0 bridgehead atoms. The smallest absolute Gasteiger partial charge is 0.268 e. The van der Waals surface area contributed by atoms with E-state index in [9.17, 15) is 17.6 Å². The van der Waals surface area contributed by atoms with Crippen LogP contribution in [-0.2, 0) is 14.8 Å². The molecule has 0 heterocycles. The van der Waals surface area contributed by atoms with Gasteiger partial charge in [-0.15, -0.1) is 0 Å². The number of ether oxygens (including phenoxy) is 1. The number of nitrogens with zero attached hydrogens (tertiary/aromatic N) is 1. The average molecular weight is 463 g/mol. The number of aryl methyl sites for hydroxylation is 1. The summed E-state index contributed by atoms with van der Waals surface area (Å²) in [7, 11) is -2.86. The number of methoxy groups -OCH3 is 1. The maximum absolute atomic E-state index is 13.5. The third-order valence-electron chi connectivity index (χ3n) is 4.42. The summed E-state index contributed by atoms with van der Waals surface area (Å²) in [4.78, 5) is 12.6. The lowest BCUT2D eigenvalue weighted by atomic mass is 10.2. The Morgan fingerprint density at radius 2 is 1.71 bits per heavy atom. The van der Waals surface area contributed by atoms with Gasteiger partial charge in [-0.3, -0.25) is 9.10 Å². The van der Waals surface area contributed by atoms with E-state index < -0.39 is 28.3 Å². The Kier molecular flexibility index (Phi) is 6.82. The third-order valence-corrected chi connectivity index (χ3v) is 6.46. The Morgan fingerprint density at radius 3 is 2.32 bits per heavy atom. The Balaban J connectivity index is 2.00. The Bertz CT molecular complexity index is 1180. The fourth-order valence-corrected chi connectivity index (χ4v) is 4.68. The van der Waals surface area contributed by atoms with E-state index in [4.69, 9.17) is 16.3 Å². The molecule has 0 fully saturated rings. The zero-order valence-electron chi connectivity index (χ0n) is 16.8. The number of sulfonamides is 1. The monoisotopic (exact) mass is 462 g/mol. The molecule has 0 saturated heterocycles. The summed E-state index contributed by atoms with van der Waals surface area (Å²) in [6.07, 6.45) is 0. The van der Waals surface area contributed by atoms with Crippen molar-refractivity contribution in [3.63, 3.8) is 0 Å². The molecule has 0 aromatic heterocycles. The molecular formula is C22H20ClFN2O4S. The second-order valence-corrected chi connectivity index (χ2v) is 8.96. The minimum atomic E-state index is -4.22. The van der Waals surface area contributed by atoms with E-state index in [2.05, 4.69) is 5.32 Å². The van der Waals surface area contributed by atoms with Gasteiger partial charge in [0.25, 0.3) is 10.0 Å². The predicted molar refractivity (Wildman–Crippen MR) is 119 cm³/mol. The zero-order valence-corrected chi connectivity index (χ0v) is 18.4. The minimum absolute atomic E-state index is 0.0985. The number of rotatable bonds is 7. The molecule has 3 rings (SSSR count). The predicted octanol–water partition coefficient (Wildman–Crippen LogP) is 4.63. The van der Waals surface area contributed by atoms with Gasteiger partial charge in [0.1, 0.15) is 23.0 Å². The molecule has 0 aliphatic carbocycles. The highest BCUT2D eigenvalue weighted by Crippen LogP contribution is 2.31. The third kappa shape index (κ3) is 5.34. The topological polar surface area (TPSA) is 75.7 Å². The van der Waals surface area contributed by atoms with Crippen molar-refractivity contribution >= 4 is 38.9 Å². The largest absolute Gasteiger partial charge is 0.495 e. The summed E-state index contributed by atoms with van der Waals surface area (Å²) in [5, 5.41) is 3.14. The number of anilines is 2. The van der Waals surface area contributed by atoms with Gasteiger partial charge < -0.3 is 10.1 Å².